The maximum atomic E-state index is 12.7. The standard InChI is InChI=1S/C19H20N2O5/c22-16(20-21-17(23)15-9-6-12-25-15)13-26-18(24)19(10-4-5-11-19)14-7-2-1-3-8-14/h1-3,6-9,12H,4-5,10-11,13H2,(H,20,22)(H,21,23). The van der Waals surface area contributed by atoms with Gasteiger partial charge in [0, 0.05) is 0 Å². The van der Waals surface area contributed by atoms with Crippen molar-refractivity contribution < 1.29 is 23.5 Å². The quantitative estimate of drug-likeness (QED) is 0.631. The topological polar surface area (TPSA) is 97.6 Å². The molecule has 0 saturated heterocycles. The summed E-state index contributed by atoms with van der Waals surface area (Å²) in [5, 5.41) is 0. The Morgan fingerprint density at radius 1 is 1.00 bits per heavy atom. The van der Waals surface area contributed by atoms with Crippen molar-refractivity contribution in [2.75, 3.05) is 6.61 Å². The third kappa shape index (κ3) is 3.77. The number of rotatable bonds is 5. The Morgan fingerprint density at radius 3 is 2.38 bits per heavy atom. The van der Waals surface area contributed by atoms with Crippen LogP contribution >= 0.6 is 0 Å². The molecule has 3 rings (SSSR count). The lowest BCUT2D eigenvalue weighted by atomic mass is 9.79. The van der Waals surface area contributed by atoms with Crippen molar-refractivity contribution in [1.82, 2.24) is 10.9 Å². The molecule has 0 bridgehead atoms. The zero-order valence-corrected chi connectivity index (χ0v) is 14.2. The first kappa shape index (κ1) is 17.7. The molecule has 7 heteroatoms. The van der Waals surface area contributed by atoms with Crippen molar-refractivity contribution in [3.05, 3.63) is 60.1 Å². The third-order valence-electron chi connectivity index (χ3n) is 4.57. The molecule has 2 amide bonds. The van der Waals surface area contributed by atoms with E-state index in [4.69, 9.17) is 9.15 Å². The van der Waals surface area contributed by atoms with E-state index in [1.165, 1.54) is 12.3 Å². The van der Waals surface area contributed by atoms with Crippen LogP contribution in [-0.4, -0.2) is 24.4 Å². The lowest BCUT2D eigenvalue weighted by molar-refractivity contribution is -0.154. The van der Waals surface area contributed by atoms with Crippen molar-refractivity contribution in [2.45, 2.75) is 31.1 Å². The van der Waals surface area contributed by atoms with Crippen LogP contribution in [0.15, 0.2) is 53.1 Å². The second-order valence-corrected chi connectivity index (χ2v) is 6.21. The maximum absolute atomic E-state index is 12.7. The molecule has 1 aliphatic carbocycles. The molecule has 0 unspecified atom stereocenters. The van der Waals surface area contributed by atoms with E-state index in [0.29, 0.717) is 12.8 Å². The molecule has 0 aliphatic heterocycles. The number of hydrogen-bond donors (Lipinski definition) is 2. The molecule has 136 valence electrons. The summed E-state index contributed by atoms with van der Waals surface area (Å²) in [5.74, 6) is -1.56. The Morgan fingerprint density at radius 2 is 1.73 bits per heavy atom. The van der Waals surface area contributed by atoms with Crippen molar-refractivity contribution in [3.8, 4) is 0 Å². The van der Waals surface area contributed by atoms with Gasteiger partial charge in [0.2, 0.25) is 0 Å². The van der Waals surface area contributed by atoms with Gasteiger partial charge in [0.05, 0.1) is 11.7 Å². The number of benzene rings is 1. The van der Waals surface area contributed by atoms with Gasteiger partial charge in [-0.2, -0.15) is 0 Å². The van der Waals surface area contributed by atoms with Crippen LogP contribution in [0, 0.1) is 0 Å². The second-order valence-electron chi connectivity index (χ2n) is 6.21. The monoisotopic (exact) mass is 356 g/mol. The predicted molar refractivity (Wildman–Crippen MR) is 91.9 cm³/mol. The highest BCUT2D eigenvalue weighted by Crippen LogP contribution is 2.42. The first-order valence-electron chi connectivity index (χ1n) is 8.47. The van der Waals surface area contributed by atoms with E-state index in [1.807, 2.05) is 30.3 Å². The highest BCUT2D eigenvalue weighted by Gasteiger charge is 2.44. The molecular weight excluding hydrogens is 336 g/mol. The predicted octanol–water partition coefficient (Wildman–Crippen LogP) is 2.10. The van der Waals surface area contributed by atoms with Gasteiger partial charge in [-0.15, -0.1) is 0 Å². The van der Waals surface area contributed by atoms with Gasteiger partial charge in [0.15, 0.2) is 12.4 Å². The van der Waals surface area contributed by atoms with Crippen LogP contribution < -0.4 is 10.9 Å². The minimum Gasteiger partial charge on any atom is -0.459 e. The maximum Gasteiger partial charge on any atom is 0.317 e. The molecule has 26 heavy (non-hydrogen) atoms. The van der Waals surface area contributed by atoms with Gasteiger partial charge < -0.3 is 9.15 Å². The molecule has 1 aliphatic rings. The number of furan rings is 1. The van der Waals surface area contributed by atoms with Crippen molar-refractivity contribution in [1.29, 1.82) is 0 Å². The smallest absolute Gasteiger partial charge is 0.317 e. The van der Waals surface area contributed by atoms with Gasteiger partial charge in [0.1, 0.15) is 0 Å². The fourth-order valence-electron chi connectivity index (χ4n) is 3.25. The SMILES string of the molecule is O=C(COC(=O)C1(c2ccccc2)CCCC1)NNC(=O)c1ccco1. The van der Waals surface area contributed by atoms with Crippen molar-refractivity contribution in [2.24, 2.45) is 0 Å². The van der Waals surface area contributed by atoms with E-state index in [2.05, 4.69) is 10.9 Å². The third-order valence-corrected chi connectivity index (χ3v) is 4.57. The lowest BCUT2D eigenvalue weighted by Crippen LogP contribution is -2.44. The summed E-state index contributed by atoms with van der Waals surface area (Å²) < 4.78 is 10.1. The number of esters is 1. The van der Waals surface area contributed by atoms with Crippen LogP contribution in [0.5, 0.6) is 0 Å². The summed E-state index contributed by atoms with van der Waals surface area (Å²) in [6, 6.07) is 12.5. The summed E-state index contributed by atoms with van der Waals surface area (Å²) in [5.41, 5.74) is 4.60. The van der Waals surface area contributed by atoms with Gasteiger partial charge in [0.25, 0.3) is 5.91 Å². The number of nitrogens with one attached hydrogen (secondary N) is 2. The summed E-state index contributed by atoms with van der Waals surface area (Å²) >= 11 is 0. The largest absolute Gasteiger partial charge is 0.459 e. The molecule has 1 heterocycles. The van der Waals surface area contributed by atoms with E-state index in [1.54, 1.807) is 6.07 Å². The second kappa shape index (κ2) is 7.86. The van der Waals surface area contributed by atoms with Crippen LogP contribution in [0.4, 0.5) is 0 Å². The minimum atomic E-state index is -0.695. The average Bonchev–Trinajstić information content (AvgIpc) is 3.37. The van der Waals surface area contributed by atoms with Gasteiger partial charge in [-0.3, -0.25) is 25.2 Å². The summed E-state index contributed by atoms with van der Waals surface area (Å²) in [6.07, 6.45) is 4.63. The van der Waals surface area contributed by atoms with Gasteiger partial charge >= 0.3 is 11.9 Å². The number of carbonyl (C=O) groups is 3. The summed E-state index contributed by atoms with van der Waals surface area (Å²) in [4.78, 5) is 36.2. The molecule has 1 aromatic heterocycles. The fourth-order valence-corrected chi connectivity index (χ4v) is 3.25. The Kier molecular flexibility index (Phi) is 5.36. The highest BCUT2D eigenvalue weighted by atomic mass is 16.5. The molecule has 1 fully saturated rings. The van der Waals surface area contributed by atoms with E-state index in [9.17, 15) is 14.4 Å². The lowest BCUT2D eigenvalue weighted by Gasteiger charge is -2.27. The number of hydrazine groups is 1. The van der Waals surface area contributed by atoms with E-state index < -0.39 is 29.8 Å². The molecular formula is C19H20N2O5. The molecule has 1 aromatic carbocycles. The van der Waals surface area contributed by atoms with Crippen LogP contribution in [0.2, 0.25) is 0 Å². The molecule has 0 radical (unpaired) electrons. The van der Waals surface area contributed by atoms with E-state index in [0.717, 1.165) is 18.4 Å². The normalized spacial score (nSPS) is 15.2. The zero-order chi connectivity index (χ0) is 18.4. The first-order chi connectivity index (χ1) is 12.6. The molecule has 2 aromatic rings. The minimum absolute atomic E-state index is 0.0660. The van der Waals surface area contributed by atoms with Crippen LogP contribution in [0.25, 0.3) is 0 Å². The number of amides is 2. The van der Waals surface area contributed by atoms with Crippen molar-refractivity contribution >= 4 is 17.8 Å². The first-order valence-corrected chi connectivity index (χ1v) is 8.47. The van der Waals surface area contributed by atoms with Crippen LogP contribution in [-0.2, 0) is 19.7 Å². The van der Waals surface area contributed by atoms with E-state index in [-0.39, 0.29) is 5.76 Å². The van der Waals surface area contributed by atoms with Crippen LogP contribution in [0.1, 0.15) is 41.8 Å². The number of ether oxygens (including phenoxy) is 1. The van der Waals surface area contributed by atoms with Gasteiger partial charge in [-0.1, -0.05) is 43.2 Å². The zero-order valence-electron chi connectivity index (χ0n) is 14.2. The molecule has 2 N–H and O–H groups in total. The molecule has 7 nitrogen and oxygen atoms in total. The average molecular weight is 356 g/mol. The van der Waals surface area contributed by atoms with E-state index >= 15 is 0 Å². The Labute approximate surface area is 150 Å². The van der Waals surface area contributed by atoms with Crippen LogP contribution in [0.3, 0.4) is 0 Å². The fraction of sp³-hybridized carbons (Fsp3) is 0.316. The number of hydrogen-bond acceptors (Lipinski definition) is 5. The summed E-state index contributed by atoms with van der Waals surface area (Å²) in [7, 11) is 0. The Bertz CT molecular complexity index is 764. The van der Waals surface area contributed by atoms with Gasteiger partial charge in [-0.25, -0.2) is 0 Å². The van der Waals surface area contributed by atoms with Crippen molar-refractivity contribution in [3.63, 3.8) is 0 Å². The van der Waals surface area contributed by atoms with Gasteiger partial charge in [-0.05, 0) is 30.5 Å². The molecule has 0 atom stereocenters. The Balaban J connectivity index is 1.54. The highest BCUT2D eigenvalue weighted by molar-refractivity contribution is 5.93. The Hall–Kier alpha value is -3.09. The molecule has 0 spiro atoms. The summed E-state index contributed by atoms with van der Waals surface area (Å²) in [6.45, 7) is -0.466. The molecule has 1 saturated carbocycles. The number of carbonyl (C=O) groups excluding carboxylic acids is 3.